The van der Waals surface area contributed by atoms with Crippen LogP contribution in [0.4, 0.5) is 0 Å². The molecule has 0 saturated heterocycles. The predicted molar refractivity (Wildman–Crippen MR) is 142 cm³/mol. The molecule has 3 aliphatic rings. The first-order valence-electron chi connectivity index (χ1n) is 13.9. The molecule has 0 aromatic carbocycles. The van der Waals surface area contributed by atoms with Crippen LogP contribution in [0, 0.1) is 23.2 Å². The first kappa shape index (κ1) is 29.5. The molecule has 0 radical (unpaired) electrons. The van der Waals surface area contributed by atoms with Crippen molar-refractivity contribution >= 4 is 0 Å². The van der Waals surface area contributed by atoms with Crippen LogP contribution in [0.25, 0.3) is 0 Å². The highest BCUT2D eigenvalue weighted by molar-refractivity contribution is 5.40. The second-order valence-electron chi connectivity index (χ2n) is 12.6. The second kappa shape index (κ2) is 12.2. The number of aliphatic hydroxyl groups excluding tert-OH is 4. The lowest BCUT2D eigenvalue weighted by Gasteiger charge is -2.44. The van der Waals surface area contributed by atoms with Gasteiger partial charge in [0.05, 0.1) is 24.9 Å². The van der Waals surface area contributed by atoms with E-state index in [1.165, 1.54) is 31.3 Å². The van der Waals surface area contributed by atoms with Crippen molar-refractivity contribution in [3.63, 3.8) is 0 Å². The molecule has 206 valence electrons. The summed E-state index contributed by atoms with van der Waals surface area (Å²) in [5, 5.41) is 49.9. The SMILES string of the molecule is C=C1/C(=C\C=C2/CCC[C@]3(C)[C@@H]([C@H](C)CCCC(C)(C)O)CC[C@@H]23)C[C@@H](O)[C@H](OC[C@H](O)CO)[C@@H]1O. The van der Waals surface area contributed by atoms with E-state index >= 15 is 0 Å². The number of fused-ring (bicyclic) bond motifs is 1. The van der Waals surface area contributed by atoms with Gasteiger partial charge in [-0.25, -0.2) is 0 Å². The number of hydrogen-bond donors (Lipinski definition) is 5. The van der Waals surface area contributed by atoms with E-state index in [4.69, 9.17) is 9.84 Å². The maximum Gasteiger partial charge on any atom is 0.114 e. The molecular formula is C30H50O6. The summed E-state index contributed by atoms with van der Waals surface area (Å²) in [6.45, 7) is 12.2. The Balaban J connectivity index is 1.67. The van der Waals surface area contributed by atoms with E-state index in [1.54, 1.807) is 0 Å². The quantitative estimate of drug-likeness (QED) is 0.306. The Kier molecular flexibility index (Phi) is 10.0. The normalized spacial score (nSPS) is 37.4. The highest BCUT2D eigenvalue weighted by atomic mass is 16.5. The molecule has 5 N–H and O–H groups in total. The van der Waals surface area contributed by atoms with Crippen molar-refractivity contribution in [1.82, 2.24) is 0 Å². The van der Waals surface area contributed by atoms with Gasteiger partial charge < -0.3 is 30.3 Å². The molecule has 3 fully saturated rings. The topological polar surface area (TPSA) is 110 Å². The monoisotopic (exact) mass is 506 g/mol. The molecule has 0 spiro atoms. The Morgan fingerprint density at radius 1 is 1.22 bits per heavy atom. The van der Waals surface area contributed by atoms with Crippen molar-refractivity contribution in [1.29, 1.82) is 0 Å². The van der Waals surface area contributed by atoms with Crippen molar-refractivity contribution in [2.24, 2.45) is 23.2 Å². The van der Waals surface area contributed by atoms with Crippen LogP contribution in [0.2, 0.25) is 0 Å². The summed E-state index contributed by atoms with van der Waals surface area (Å²) in [4.78, 5) is 0. The van der Waals surface area contributed by atoms with Crippen LogP contribution < -0.4 is 0 Å². The minimum Gasteiger partial charge on any atom is -0.394 e. The zero-order valence-corrected chi connectivity index (χ0v) is 22.8. The van der Waals surface area contributed by atoms with Crippen LogP contribution in [0.1, 0.15) is 85.5 Å². The molecule has 6 nitrogen and oxygen atoms in total. The third-order valence-corrected chi connectivity index (χ3v) is 9.25. The van der Waals surface area contributed by atoms with Gasteiger partial charge in [0, 0.05) is 6.42 Å². The van der Waals surface area contributed by atoms with Crippen LogP contribution in [-0.2, 0) is 4.74 Å². The van der Waals surface area contributed by atoms with Gasteiger partial charge in [-0.2, -0.15) is 0 Å². The van der Waals surface area contributed by atoms with E-state index in [0.717, 1.165) is 31.3 Å². The third kappa shape index (κ3) is 6.89. The molecule has 0 amide bonds. The summed E-state index contributed by atoms with van der Waals surface area (Å²) in [6, 6.07) is 0. The standard InChI is InChI=1S/C30H50O6/c1-19(8-6-14-29(3,4)35)24-12-13-25-21(9-7-15-30(24,25)5)10-11-22-16-26(33)28(27(34)20(22)2)36-18-23(32)17-31/h10-11,19,23-28,31-35H,2,6-9,12-18H2,1,3-5H3/b21-10+,22-11-/t19-,23-,24-,25+,26-,27-,28+,30-/m1/s1. The summed E-state index contributed by atoms with van der Waals surface area (Å²) >= 11 is 0. The smallest absolute Gasteiger partial charge is 0.114 e. The molecule has 3 saturated carbocycles. The Hall–Kier alpha value is -1.02. The number of aliphatic hydroxyl groups is 5. The summed E-state index contributed by atoms with van der Waals surface area (Å²) in [6.07, 6.45) is 9.79. The first-order chi connectivity index (χ1) is 16.9. The van der Waals surface area contributed by atoms with Gasteiger partial charge in [0.25, 0.3) is 0 Å². The van der Waals surface area contributed by atoms with Gasteiger partial charge >= 0.3 is 0 Å². The second-order valence-corrected chi connectivity index (χ2v) is 12.6. The van der Waals surface area contributed by atoms with Gasteiger partial charge in [-0.3, -0.25) is 0 Å². The zero-order valence-electron chi connectivity index (χ0n) is 22.8. The zero-order chi connectivity index (χ0) is 26.7. The molecule has 3 aliphatic carbocycles. The highest BCUT2D eigenvalue weighted by Gasteiger charge is 2.50. The Morgan fingerprint density at radius 2 is 1.94 bits per heavy atom. The lowest BCUT2D eigenvalue weighted by Crippen LogP contribution is -2.46. The van der Waals surface area contributed by atoms with Crippen LogP contribution in [0.3, 0.4) is 0 Å². The van der Waals surface area contributed by atoms with E-state index in [1.807, 2.05) is 19.9 Å². The Morgan fingerprint density at radius 3 is 2.61 bits per heavy atom. The van der Waals surface area contributed by atoms with Crippen molar-refractivity contribution in [2.45, 2.75) is 115 Å². The molecule has 8 atom stereocenters. The number of hydrogen-bond acceptors (Lipinski definition) is 6. The van der Waals surface area contributed by atoms with Crippen molar-refractivity contribution in [2.75, 3.05) is 13.2 Å². The van der Waals surface area contributed by atoms with E-state index in [2.05, 4.69) is 26.5 Å². The number of ether oxygens (including phenoxy) is 1. The predicted octanol–water partition coefficient (Wildman–Crippen LogP) is 4.05. The molecule has 0 aromatic rings. The van der Waals surface area contributed by atoms with E-state index in [-0.39, 0.29) is 6.61 Å². The minimum absolute atomic E-state index is 0.150. The van der Waals surface area contributed by atoms with Crippen molar-refractivity contribution in [3.8, 4) is 0 Å². The maximum absolute atomic E-state index is 10.7. The summed E-state index contributed by atoms with van der Waals surface area (Å²) in [7, 11) is 0. The van der Waals surface area contributed by atoms with Gasteiger partial charge in [-0.15, -0.1) is 0 Å². The molecule has 6 heteroatoms. The summed E-state index contributed by atoms with van der Waals surface area (Å²) < 4.78 is 5.50. The lowest BCUT2D eigenvalue weighted by atomic mass is 9.60. The molecule has 36 heavy (non-hydrogen) atoms. The molecule has 0 heterocycles. The summed E-state index contributed by atoms with van der Waals surface area (Å²) in [5.41, 5.74) is 2.57. The fraction of sp³-hybridized carbons (Fsp3) is 0.800. The Labute approximate surface area is 217 Å². The van der Waals surface area contributed by atoms with Crippen molar-refractivity contribution < 1.29 is 30.3 Å². The largest absolute Gasteiger partial charge is 0.394 e. The minimum atomic E-state index is -1.05. The van der Waals surface area contributed by atoms with Crippen LogP contribution in [0.5, 0.6) is 0 Å². The molecule has 0 aliphatic heterocycles. The Bertz CT molecular complexity index is 811. The molecule has 0 aromatic heterocycles. The van der Waals surface area contributed by atoms with Gasteiger partial charge in [0.1, 0.15) is 18.3 Å². The fourth-order valence-electron chi connectivity index (χ4n) is 7.20. The van der Waals surface area contributed by atoms with E-state index in [9.17, 15) is 20.4 Å². The molecular weight excluding hydrogens is 456 g/mol. The molecule has 0 unspecified atom stereocenters. The van der Waals surface area contributed by atoms with Gasteiger partial charge in [-0.05, 0) is 86.7 Å². The highest BCUT2D eigenvalue weighted by Crippen LogP contribution is 2.60. The van der Waals surface area contributed by atoms with Gasteiger partial charge in [0.2, 0.25) is 0 Å². The third-order valence-electron chi connectivity index (χ3n) is 9.25. The van der Waals surface area contributed by atoms with Gasteiger partial charge in [-0.1, -0.05) is 51.0 Å². The lowest BCUT2D eigenvalue weighted by molar-refractivity contribution is -0.117. The first-order valence-corrected chi connectivity index (χ1v) is 13.9. The van der Waals surface area contributed by atoms with Crippen LogP contribution in [0.15, 0.2) is 35.5 Å². The van der Waals surface area contributed by atoms with Crippen LogP contribution in [-0.4, -0.2) is 68.8 Å². The molecule has 0 bridgehead atoms. The number of allylic oxidation sites excluding steroid dienone is 3. The van der Waals surface area contributed by atoms with E-state index in [0.29, 0.717) is 35.2 Å². The summed E-state index contributed by atoms with van der Waals surface area (Å²) in [5.74, 6) is 1.90. The fourth-order valence-corrected chi connectivity index (χ4v) is 7.20. The van der Waals surface area contributed by atoms with Crippen molar-refractivity contribution in [3.05, 3.63) is 35.5 Å². The maximum atomic E-state index is 10.7. The number of rotatable bonds is 10. The van der Waals surface area contributed by atoms with Gasteiger partial charge in [0.15, 0.2) is 0 Å². The van der Waals surface area contributed by atoms with E-state index < -0.39 is 36.6 Å². The average Bonchev–Trinajstić information content (AvgIpc) is 3.16. The molecule has 3 rings (SSSR count). The average molecular weight is 507 g/mol. The van der Waals surface area contributed by atoms with Crippen LogP contribution >= 0.6 is 0 Å².